The van der Waals surface area contributed by atoms with Crippen molar-refractivity contribution in [2.45, 2.75) is 90.6 Å². The largest absolute Gasteiger partial charge is 0.344 e. The summed E-state index contributed by atoms with van der Waals surface area (Å²) in [4.78, 5) is 38.7. The first-order valence-corrected chi connectivity index (χ1v) is 14.2. The number of likely N-dealkylation sites (tertiary alicyclic amines) is 1. The molecule has 37 heavy (non-hydrogen) atoms. The summed E-state index contributed by atoms with van der Waals surface area (Å²) >= 11 is 0. The van der Waals surface area contributed by atoms with E-state index in [4.69, 9.17) is 9.97 Å². The fourth-order valence-corrected chi connectivity index (χ4v) is 6.27. The Bertz CT molecular complexity index is 1180. The average Bonchev–Trinajstić information content (AvgIpc) is 3.59. The summed E-state index contributed by atoms with van der Waals surface area (Å²) in [6, 6.07) is 10.0. The van der Waals surface area contributed by atoms with Crippen LogP contribution < -0.4 is 5.32 Å². The fraction of sp³-hybridized carbons (Fsp3) is 0.548. The maximum absolute atomic E-state index is 14.1. The number of hydrogen-bond donors (Lipinski definition) is 1. The summed E-state index contributed by atoms with van der Waals surface area (Å²) in [6.07, 6.45) is 11.2. The van der Waals surface area contributed by atoms with Crippen LogP contribution in [0.1, 0.15) is 99.6 Å². The van der Waals surface area contributed by atoms with Gasteiger partial charge >= 0.3 is 0 Å². The van der Waals surface area contributed by atoms with E-state index in [0.717, 1.165) is 74.2 Å². The predicted molar refractivity (Wildman–Crippen MR) is 146 cm³/mol. The van der Waals surface area contributed by atoms with Crippen molar-refractivity contribution < 1.29 is 9.59 Å². The van der Waals surface area contributed by atoms with Gasteiger partial charge in [-0.3, -0.25) is 9.59 Å². The van der Waals surface area contributed by atoms with Crippen LogP contribution in [0.5, 0.6) is 0 Å². The number of carbonyl (C=O) groups excluding carboxylic acids is 2. The molecule has 3 unspecified atom stereocenters. The van der Waals surface area contributed by atoms with E-state index < -0.39 is 6.04 Å². The molecule has 2 aromatic rings. The third-order valence-electron chi connectivity index (χ3n) is 8.59. The highest BCUT2D eigenvalue weighted by molar-refractivity contribution is 5.89. The molecule has 2 amide bonds. The molecule has 1 aromatic carbocycles. The van der Waals surface area contributed by atoms with E-state index >= 15 is 0 Å². The molecule has 6 heteroatoms. The minimum absolute atomic E-state index is 0.00540. The highest BCUT2D eigenvalue weighted by atomic mass is 16.2. The van der Waals surface area contributed by atoms with Gasteiger partial charge in [0.15, 0.2) is 0 Å². The van der Waals surface area contributed by atoms with Crippen molar-refractivity contribution in [3.05, 3.63) is 64.7 Å². The van der Waals surface area contributed by atoms with Crippen LogP contribution in [0.4, 0.5) is 0 Å². The third kappa shape index (κ3) is 5.34. The second-order valence-electron chi connectivity index (χ2n) is 11.1. The average molecular weight is 501 g/mol. The summed E-state index contributed by atoms with van der Waals surface area (Å²) in [5.41, 5.74) is 5.55. The highest BCUT2D eigenvalue weighted by Crippen LogP contribution is 2.37. The van der Waals surface area contributed by atoms with Crippen LogP contribution >= 0.6 is 0 Å². The molecular weight excluding hydrogens is 460 g/mol. The molecule has 5 rings (SSSR count). The molecule has 1 saturated heterocycles. The predicted octanol–water partition coefficient (Wildman–Crippen LogP) is 5.55. The van der Waals surface area contributed by atoms with Crippen molar-refractivity contribution in [2.24, 2.45) is 11.8 Å². The molecule has 2 fully saturated rings. The Balaban J connectivity index is 1.42. The number of aromatic nitrogens is 2. The van der Waals surface area contributed by atoms with Crippen LogP contribution in [-0.4, -0.2) is 39.3 Å². The Hall–Kier alpha value is -3.02. The summed E-state index contributed by atoms with van der Waals surface area (Å²) in [5.74, 6) is 0.899. The zero-order valence-corrected chi connectivity index (χ0v) is 22.5. The van der Waals surface area contributed by atoms with E-state index in [2.05, 4.69) is 41.7 Å². The number of nitrogens with zero attached hydrogens (tertiary/aromatic N) is 3. The molecule has 0 spiro atoms. The summed E-state index contributed by atoms with van der Waals surface area (Å²) in [7, 11) is 0. The molecule has 1 aliphatic heterocycles. The van der Waals surface area contributed by atoms with Gasteiger partial charge in [-0.2, -0.15) is 0 Å². The van der Waals surface area contributed by atoms with E-state index in [9.17, 15) is 9.59 Å². The number of nitrogens with one attached hydrogen (secondary N) is 1. The standard InChI is InChI=1S/C31H40N4O2/c1-4-20(2)30(36)34-29(23-12-6-5-7-13-23)31(37)35-18-10-15-28(35)27-19-26(32-21(3)33-27)25-17-16-22-11-8-9-14-24(22)25/h8-9,11,14,17,19-20,23,28-29H,4-7,10,12-13,15-16,18H2,1-3H3,(H,34,36). The van der Waals surface area contributed by atoms with Crippen LogP contribution in [0.15, 0.2) is 36.4 Å². The number of aryl methyl sites for hydroxylation is 1. The molecule has 0 bridgehead atoms. The van der Waals surface area contributed by atoms with Gasteiger partial charge in [0.25, 0.3) is 0 Å². The summed E-state index contributed by atoms with van der Waals surface area (Å²) < 4.78 is 0. The molecule has 3 atom stereocenters. The maximum atomic E-state index is 14.1. The zero-order chi connectivity index (χ0) is 25.9. The SMILES string of the molecule is CCC(C)C(=O)NC(C(=O)N1CCCC1c1cc(C2=CCc3ccccc32)nc(C)n1)C1CCCCC1. The van der Waals surface area contributed by atoms with Crippen molar-refractivity contribution in [1.82, 2.24) is 20.2 Å². The van der Waals surface area contributed by atoms with Crippen LogP contribution in [0, 0.1) is 18.8 Å². The molecule has 0 radical (unpaired) electrons. The molecular formula is C31H40N4O2. The molecule has 1 N–H and O–H groups in total. The Labute approximate surface area is 221 Å². The van der Waals surface area contributed by atoms with Crippen molar-refractivity contribution in [3.8, 4) is 0 Å². The van der Waals surface area contributed by atoms with Gasteiger partial charge in [-0.15, -0.1) is 0 Å². The summed E-state index contributed by atoms with van der Waals surface area (Å²) in [6.45, 7) is 6.60. The normalized spacial score (nSPS) is 21.3. The van der Waals surface area contributed by atoms with E-state index in [1.807, 2.05) is 25.7 Å². The Morgan fingerprint density at radius 3 is 2.65 bits per heavy atom. The highest BCUT2D eigenvalue weighted by Gasteiger charge is 2.39. The van der Waals surface area contributed by atoms with E-state index in [1.54, 1.807) is 0 Å². The van der Waals surface area contributed by atoms with Crippen LogP contribution in [0.25, 0.3) is 5.57 Å². The van der Waals surface area contributed by atoms with E-state index in [-0.39, 0.29) is 29.7 Å². The van der Waals surface area contributed by atoms with Gasteiger partial charge in [-0.25, -0.2) is 9.97 Å². The van der Waals surface area contributed by atoms with Crippen molar-refractivity contribution in [2.75, 3.05) is 6.54 Å². The van der Waals surface area contributed by atoms with Gasteiger partial charge < -0.3 is 10.2 Å². The van der Waals surface area contributed by atoms with Gasteiger partial charge in [-0.1, -0.05) is 63.5 Å². The topological polar surface area (TPSA) is 75.2 Å². The van der Waals surface area contributed by atoms with Gasteiger partial charge in [0.1, 0.15) is 11.9 Å². The molecule has 2 aliphatic carbocycles. The Morgan fingerprint density at radius 1 is 1.08 bits per heavy atom. The van der Waals surface area contributed by atoms with Crippen LogP contribution in [-0.2, 0) is 16.0 Å². The Morgan fingerprint density at radius 2 is 1.86 bits per heavy atom. The zero-order valence-electron chi connectivity index (χ0n) is 22.5. The molecule has 3 aliphatic rings. The number of fused-ring (bicyclic) bond motifs is 1. The number of carbonyl (C=O) groups is 2. The molecule has 196 valence electrons. The van der Waals surface area contributed by atoms with E-state index in [1.165, 1.54) is 17.5 Å². The molecule has 1 saturated carbocycles. The number of allylic oxidation sites excluding steroid dienone is 1. The summed E-state index contributed by atoms with van der Waals surface area (Å²) in [5, 5.41) is 3.19. The molecule has 1 aromatic heterocycles. The van der Waals surface area contributed by atoms with Crippen molar-refractivity contribution in [3.63, 3.8) is 0 Å². The van der Waals surface area contributed by atoms with Gasteiger partial charge in [-0.05, 0) is 68.6 Å². The molecule has 6 nitrogen and oxygen atoms in total. The maximum Gasteiger partial charge on any atom is 0.246 e. The first kappa shape index (κ1) is 25.6. The Kier molecular flexibility index (Phi) is 7.73. The lowest BCUT2D eigenvalue weighted by molar-refractivity contribution is -0.140. The second-order valence-corrected chi connectivity index (χ2v) is 11.1. The van der Waals surface area contributed by atoms with Crippen LogP contribution in [0.2, 0.25) is 0 Å². The van der Waals surface area contributed by atoms with Gasteiger partial charge in [0.2, 0.25) is 11.8 Å². The van der Waals surface area contributed by atoms with Crippen LogP contribution in [0.3, 0.4) is 0 Å². The minimum Gasteiger partial charge on any atom is -0.344 e. The van der Waals surface area contributed by atoms with Gasteiger partial charge in [0, 0.05) is 18.0 Å². The van der Waals surface area contributed by atoms with Crippen molar-refractivity contribution >= 4 is 17.4 Å². The smallest absolute Gasteiger partial charge is 0.246 e. The lowest BCUT2D eigenvalue weighted by atomic mass is 9.83. The number of benzene rings is 1. The fourth-order valence-electron chi connectivity index (χ4n) is 6.27. The van der Waals surface area contributed by atoms with Crippen molar-refractivity contribution in [1.29, 1.82) is 0 Å². The van der Waals surface area contributed by atoms with E-state index in [0.29, 0.717) is 6.54 Å². The third-order valence-corrected chi connectivity index (χ3v) is 8.59. The first-order chi connectivity index (χ1) is 18.0. The second kappa shape index (κ2) is 11.2. The molecule has 2 heterocycles. The number of amides is 2. The lowest BCUT2D eigenvalue weighted by Gasteiger charge is -2.35. The number of hydrogen-bond acceptors (Lipinski definition) is 4. The lowest BCUT2D eigenvalue weighted by Crippen LogP contribution is -2.53. The quantitative estimate of drug-likeness (QED) is 0.541. The first-order valence-electron chi connectivity index (χ1n) is 14.2. The number of rotatable bonds is 7. The van der Waals surface area contributed by atoms with Gasteiger partial charge in [0.05, 0.1) is 17.4 Å². The monoisotopic (exact) mass is 500 g/mol. The minimum atomic E-state index is -0.450.